The number of rotatable bonds is 6. The Morgan fingerprint density at radius 2 is 2.07 bits per heavy atom. The molecule has 5 heteroatoms. The van der Waals surface area contributed by atoms with Gasteiger partial charge in [-0.2, -0.15) is 12.6 Å². The highest BCUT2D eigenvalue weighted by Crippen LogP contribution is 2.03. The van der Waals surface area contributed by atoms with E-state index < -0.39 is 12.0 Å². The molecule has 0 aliphatic carbocycles. The largest absolute Gasteiger partial charge is 0.461 e. The van der Waals surface area contributed by atoms with E-state index in [4.69, 9.17) is 4.74 Å². The van der Waals surface area contributed by atoms with E-state index in [1.165, 1.54) is 6.92 Å². The van der Waals surface area contributed by atoms with Crippen molar-refractivity contribution in [2.45, 2.75) is 45.8 Å². The normalized spacial score (nSPS) is 14.1. The molecule has 0 aliphatic heterocycles. The number of carbonyl (C=O) groups is 2. The van der Waals surface area contributed by atoms with Crippen LogP contribution < -0.4 is 5.32 Å². The third-order valence-corrected chi connectivity index (χ3v) is 2.22. The molecule has 0 fully saturated rings. The molecule has 0 saturated heterocycles. The van der Waals surface area contributed by atoms with E-state index >= 15 is 0 Å². The van der Waals surface area contributed by atoms with Crippen molar-refractivity contribution in [3.8, 4) is 0 Å². The van der Waals surface area contributed by atoms with Gasteiger partial charge in [0, 0.05) is 12.7 Å². The molecule has 0 radical (unpaired) electrons. The number of hydrogen-bond acceptors (Lipinski definition) is 4. The molecule has 88 valence electrons. The minimum Gasteiger partial charge on any atom is -0.461 e. The van der Waals surface area contributed by atoms with Gasteiger partial charge in [-0.05, 0) is 13.3 Å². The SMILES string of the molecule is CCCC(C)OC(=O)[C@H](CS)NC(C)=O. The van der Waals surface area contributed by atoms with E-state index in [1.807, 2.05) is 13.8 Å². The zero-order valence-electron chi connectivity index (χ0n) is 9.45. The molecule has 0 rings (SSSR count). The molecule has 0 aromatic heterocycles. The summed E-state index contributed by atoms with van der Waals surface area (Å²) in [4.78, 5) is 22.3. The van der Waals surface area contributed by atoms with Crippen LogP contribution >= 0.6 is 12.6 Å². The second kappa shape index (κ2) is 7.56. The van der Waals surface area contributed by atoms with Gasteiger partial charge in [-0.1, -0.05) is 13.3 Å². The maximum Gasteiger partial charge on any atom is 0.329 e. The molecule has 2 atom stereocenters. The molecule has 15 heavy (non-hydrogen) atoms. The average molecular weight is 233 g/mol. The van der Waals surface area contributed by atoms with Crippen LogP contribution in [0.5, 0.6) is 0 Å². The van der Waals surface area contributed by atoms with Crippen LogP contribution in [-0.2, 0) is 14.3 Å². The van der Waals surface area contributed by atoms with Crippen molar-refractivity contribution >= 4 is 24.5 Å². The Hall–Kier alpha value is -0.710. The van der Waals surface area contributed by atoms with E-state index in [2.05, 4.69) is 17.9 Å². The third-order valence-electron chi connectivity index (χ3n) is 1.86. The van der Waals surface area contributed by atoms with Gasteiger partial charge >= 0.3 is 5.97 Å². The molecule has 0 bridgehead atoms. The topological polar surface area (TPSA) is 55.4 Å². The molecule has 0 aliphatic rings. The lowest BCUT2D eigenvalue weighted by atomic mass is 10.2. The number of hydrogen-bond donors (Lipinski definition) is 2. The smallest absolute Gasteiger partial charge is 0.329 e. The fourth-order valence-corrected chi connectivity index (χ4v) is 1.41. The lowest BCUT2D eigenvalue weighted by Gasteiger charge is -2.18. The van der Waals surface area contributed by atoms with E-state index in [9.17, 15) is 9.59 Å². The third kappa shape index (κ3) is 6.38. The maximum absolute atomic E-state index is 11.5. The van der Waals surface area contributed by atoms with E-state index in [-0.39, 0.29) is 17.8 Å². The second-order valence-electron chi connectivity index (χ2n) is 3.47. The van der Waals surface area contributed by atoms with Crippen LogP contribution in [0.15, 0.2) is 0 Å². The van der Waals surface area contributed by atoms with Gasteiger partial charge in [0.1, 0.15) is 6.04 Å². The van der Waals surface area contributed by atoms with Crippen LogP contribution in [0.25, 0.3) is 0 Å². The number of ether oxygens (including phenoxy) is 1. The number of esters is 1. The second-order valence-corrected chi connectivity index (χ2v) is 3.84. The molecular formula is C10H19NO3S. The molecule has 1 amide bonds. The van der Waals surface area contributed by atoms with Crippen LogP contribution in [0, 0.1) is 0 Å². The lowest BCUT2D eigenvalue weighted by molar-refractivity contribution is -0.151. The Morgan fingerprint density at radius 1 is 1.47 bits per heavy atom. The fraction of sp³-hybridized carbons (Fsp3) is 0.800. The van der Waals surface area contributed by atoms with Gasteiger partial charge in [-0.3, -0.25) is 4.79 Å². The highest BCUT2D eigenvalue weighted by atomic mass is 32.1. The molecule has 1 N–H and O–H groups in total. The maximum atomic E-state index is 11.5. The first-order valence-corrected chi connectivity index (χ1v) is 5.73. The first-order valence-electron chi connectivity index (χ1n) is 5.09. The van der Waals surface area contributed by atoms with Gasteiger partial charge in [0.25, 0.3) is 0 Å². The van der Waals surface area contributed by atoms with Crippen LogP contribution in [-0.4, -0.2) is 29.8 Å². The Balaban J connectivity index is 4.09. The Bertz CT molecular complexity index is 221. The zero-order valence-corrected chi connectivity index (χ0v) is 10.3. The summed E-state index contributed by atoms with van der Waals surface area (Å²) in [5.74, 6) is -0.424. The van der Waals surface area contributed by atoms with Crippen LogP contribution in [0.3, 0.4) is 0 Å². The highest BCUT2D eigenvalue weighted by molar-refractivity contribution is 7.80. The summed E-state index contributed by atoms with van der Waals surface area (Å²) in [5.41, 5.74) is 0. The van der Waals surface area contributed by atoms with Gasteiger partial charge in [0.2, 0.25) is 5.91 Å². The number of amides is 1. The van der Waals surface area contributed by atoms with E-state index in [1.54, 1.807) is 0 Å². The molecule has 0 aromatic carbocycles. The first kappa shape index (κ1) is 14.3. The Labute approximate surface area is 96.2 Å². The highest BCUT2D eigenvalue weighted by Gasteiger charge is 2.20. The van der Waals surface area contributed by atoms with Crippen LogP contribution in [0.1, 0.15) is 33.6 Å². The summed E-state index contributed by atoms with van der Waals surface area (Å²) in [6.07, 6.45) is 1.67. The minimum atomic E-state index is -0.648. The number of thiol groups is 1. The average Bonchev–Trinajstić information content (AvgIpc) is 2.13. The van der Waals surface area contributed by atoms with Crippen molar-refractivity contribution in [2.75, 3.05) is 5.75 Å². The van der Waals surface area contributed by atoms with Crippen LogP contribution in [0.2, 0.25) is 0 Å². The van der Waals surface area contributed by atoms with Gasteiger partial charge < -0.3 is 10.1 Å². The van der Waals surface area contributed by atoms with Crippen molar-refractivity contribution in [1.29, 1.82) is 0 Å². The van der Waals surface area contributed by atoms with Crippen LogP contribution in [0.4, 0.5) is 0 Å². The van der Waals surface area contributed by atoms with Gasteiger partial charge in [0.15, 0.2) is 0 Å². The van der Waals surface area contributed by atoms with Crippen molar-refractivity contribution in [2.24, 2.45) is 0 Å². The molecule has 0 saturated carbocycles. The number of carbonyl (C=O) groups excluding carboxylic acids is 2. The van der Waals surface area contributed by atoms with Crippen molar-refractivity contribution < 1.29 is 14.3 Å². The Kier molecular flexibility index (Phi) is 7.21. The summed E-state index contributed by atoms with van der Waals surface area (Å²) >= 11 is 3.99. The first-order chi connectivity index (χ1) is 7.01. The standard InChI is InChI=1S/C10H19NO3S/c1-4-5-7(2)14-10(13)9(6-15)11-8(3)12/h7,9,15H,4-6H2,1-3H3,(H,11,12)/t7?,9-/m0/s1. The summed E-state index contributed by atoms with van der Waals surface area (Å²) < 4.78 is 5.14. The predicted molar refractivity (Wildman–Crippen MR) is 61.9 cm³/mol. The van der Waals surface area contributed by atoms with Gasteiger partial charge in [-0.25, -0.2) is 4.79 Å². The number of nitrogens with one attached hydrogen (secondary N) is 1. The summed E-state index contributed by atoms with van der Waals surface area (Å²) in [7, 11) is 0. The predicted octanol–water partition coefficient (Wildman–Crippen LogP) is 1.15. The molecule has 0 spiro atoms. The van der Waals surface area contributed by atoms with Gasteiger partial charge in [0.05, 0.1) is 6.10 Å². The van der Waals surface area contributed by atoms with Crippen molar-refractivity contribution in [1.82, 2.24) is 5.32 Å². The quantitative estimate of drug-likeness (QED) is 0.534. The summed E-state index contributed by atoms with van der Waals surface area (Å²) in [6.45, 7) is 5.22. The van der Waals surface area contributed by atoms with E-state index in [0.29, 0.717) is 0 Å². The van der Waals surface area contributed by atoms with Crippen molar-refractivity contribution in [3.05, 3.63) is 0 Å². The fourth-order valence-electron chi connectivity index (χ4n) is 1.17. The molecule has 0 aromatic rings. The minimum absolute atomic E-state index is 0.112. The molecular weight excluding hydrogens is 214 g/mol. The zero-order chi connectivity index (χ0) is 11.8. The summed E-state index contributed by atoms with van der Waals surface area (Å²) in [5, 5.41) is 2.49. The van der Waals surface area contributed by atoms with E-state index in [0.717, 1.165) is 12.8 Å². The Morgan fingerprint density at radius 3 is 2.47 bits per heavy atom. The summed E-state index contributed by atoms with van der Waals surface area (Å²) in [6, 6.07) is -0.648. The molecule has 0 heterocycles. The molecule has 4 nitrogen and oxygen atoms in total. The van der Waals surface area contributed by atoms with Gasteiger partial charge in [-0.15, -0.1) is 0 Å². The van der Waals surface area contributed by atoms with Crippen molar-refractivity contribution in [3.63, 3.8) is 0 Å². The molecule has 1 unspecified atom stereocenters. The lowest BCUT2D eigenvalue weighted by Crippen LogP contribution is -2.43. The monoisotopic (exact) mass is 233 g/mol.